The topological polar surface area (TPSA) is 56.3 Å². The molecule has 3 aromatic carbocycles. The SMILES string of the molecule is Cc1coc2cc(-c3cccc([N+](=O)[O-])c3)cc(-c3ccc(Cl)cc3Cl)c12. The van der Waals surface area contributed by atoms with E-state index < -0.39 is 4.92 Å². The van der Waals surface area contributed by atoms with Crippen LogP contribution in [0.3, 0.4) is 0 Å². The number of halogens is 2. The van der Waals surface area contributed by atoms with Crippen molar-refractivity contribution >= 4 is 39.9 Å². The Bertz CT molecular complexity index is 1200. The average Bonchev–Trinajstić information content (AvgIpc) is 3.02. The van der Waals surface area contributed by atoms with Gasteiger partial charge in [-0.25, -0.2) is 0 Å². The number of fused-ring (bicyclic) bond motifs is 1. The first kappa shape index (κ1) is 17.6. The summed E-state index contributed by atoms with van der Waals surface area (Å²) in [6.45, 7) is 1.96. The number of nitrogens with zero attached hydrogens (tertiary/aromatic N) is 1. The number of non-ortho nitro benzene ring substituents is 1. The molecule has 0 saturated carbocycles. The summed E-state index contributed by atoms with van der Waals surface area (Å²) in [5, 5.41) is 13.2. The average molecular weight is 398 g/mol. The second-order valence-electron chi connectivity index (χ2n) is 6.25. The van der Waals surface area contributed by atoms with Crippen LogP contribution in [0.4, 0.5) is 5.69 Å². The van der Waals surface area contributed by atoms with Gasteiger partial charge in [0, 0.05) is 33.1 Å². The minimum Gasteiger partial charge on any atom is -0.464 e. The smallest absolute Gasteiger partial charge is 0.270 e. The summed E-state index contributed by atoms with van der Waals surface area (Å²) < 4.78 is 5.71. The summed E-state index contributed by atoms with van der Waals surface area (Å²) in [7, 11) is 0. The first-order valence-electron chi connectivity index (χ1n) is 8.16. The van der Waals surface area contributed by atoms with Crippen LogP contribution in [0.2, 0.25) is 10.0 Å². The molecule has 0 N–H and O–H groups in total. The van der Waals surface area contributed by atoms with E-state index in [9.17, 15) is 10.1 Å². The van der Waals surface area contributed by atoms with Gasteiger partial charge in [0.25, 0.3) is 5.69 Å². The molecule has 27 heavy (non-hydrogen) atoms. The van der Waals surface area contributed by atoms with E-state index in [1.54, 1.807) is 30.5 Å². The lowest BCUT2D eigenvalue weighted by molar-refractivity contribution is -0.384. The summed E-state index contributed by atoms with van der Waals surface area (Å²) >= 11 is 12.5. The predicted octanol–water partition coefficient (Wildman–Crippen LogP) is 7.29. The van der Waals surface area contributed by atoms with Gasteiger partial charge < -0.3 is 4.42 Å². The van der Waals surface area contributed by atoms with Crippen LogP contribution in [0, 0.1) is 17.0 Å². The quantitative estimate of drug-likeness (QED) is 0.269. The molecule has 4 rings (SSSR count). The molecule has 0 spiro atoms. The van der Waals surface area contributed by atoms with Crippen LogP contribution in [0.25, 0.3) is 33.2 Å². The number of aryl methyl sites for hydroxylation is 1. The maximum atomic E-state index is 11.1. The van der Waals surface area contributed by atoms with Crippen LogP contribution in [-0.2, 0) is 0 Å². The van der Waals surface area contributed by atoms with E-state index >= 15 is 0 Å². The van der Waals surface area contributed by atoms with Gasteiger partial charge in [0.15, 0.2) is 0 Å². The molecule has 1 heterocycles. The van der Waals surface area contributed by atoms with Crippen LogP contribution in [-0.4, -0.2) is 4.92 Å². The minimum atomic E-state index is -0.407. The highest BCUT2D eigenvalue weighted by atomic mass is 35.5. The molecule has 0 unspecified atom stereocenters. The van der Waals surface area contributed by atoms with Gasteiger partial charge in [0.2, 0.25) is 0 Å². The summed E-state index contributed by atoms with van der Waals surface area (Å²) in [6, 6.07) is 15.7. The van der Waals surface area contributed by atoms with E-state index in [-0.39, 0.29) is 5.69 Å². The highest BCUT2D eigenvalue weighted by Gasteiger charge is 2.16. The monoisotopic (exact) mass is 397 g/mol. The van der Waals surface area contributed by atoms with Gasteiger partial charge in [-0.2, -0.15) is 0 Å². The summed E-state index contributed by atoms with van der Waals surface area (Å²) in [6.07, 6.45) is 1.69. The molecule has 1 aromatic heterocycles. The second kappa shape index (κ2) is 6.72. The van der Waals surface area contributed by atoms with Crippen LogP contribution in [0.15, 0.2) is 65.3 Å². The van der Waals surface area contributed by atoms with Gasteiger partial charge in [0.1, 0.15) is 5.58 Å². The van der Waals surface area contributed by atoms with E-state index in [0.29, 0.717) is 15.6 Å². The van der Waals surface area contributed by atoms with Crippen molar-refractivity contribution < 1.29 is 9.34 Å². The Balaban J connectivity index is 2.00. The lowest BCUT2D eigenvalue weighted by Crippen LogP contribution is -1.89. The highest BCUT2D eigenvalue weighted by Crippen LogP contribution is 2.40. The molecule has 134 valence electrons. The van der Waals surface area contributed by atoms with Crippen LogP contribution in [0.5, 0.6) is 0 Å². The maximum Gasteiger partial charge on any atom is 0.270 e. The molecule has 0 atom stereocenters. The largest absolute Gasteiger partial charge is 0.464 e. The third kappa shape index (κ3) is 3.18. The van der Waals surface area contributed by atoms with Gasteiger partial charge in [0.05, 0.1) is 11.2 Å². The Labute approximate surface area is 165 Å². The lowest BCUT2D eigenvalue weighted by Gasteiger charge is -2.11. The molecule has 6 heteroatoms. The van der Waals surface area contributed by atoms with Gasteiger partial charge in [-0.3, -0.25) is 10.1 Å². The molecule has 0 radical (unpaired) electrons. The molecule has 0 fully saturated rings. The van der Waals surface area contributed by atoms with Gasteiger partial charge in [-0.1, -0.05) is 41.4 Å². The fourth-order valence-electron chi connectivity index (χ4n) is 3.21. The molecule has 0 amide bonds. The molecule has 4 aromatic rings. The molecule has 0 bridgehead atoms. The zero-order valence-corrected chi connectivity index (χ0v) is 15.7. The van der Waals surface area contributed by atoms with Crippen molar-refractivity contribution in [1.29, 1.82) is 0 Å². The number of rotatable bonds is 3. The van der Waals surface area contributed by atoms with Gasteiger partial charge >= 0.3 is 0 Å². The number of benzene rings is 3. The fourth-order valence-corrected chi connectivity index (χ4v) is 3.72. The normalized spacial score (nSPS) is 11.1. The van der Waals surface area contributed by atoms with E-state index in [2.05, 4.69) is 0 Å². The van der Waals surface area contributed by atoms with E-state index in [1.165, 1.54) is 6.07 Å². The zero-order chi connectivity index (χ0) is 19.1. The number of nitro benzene ring substituents is 1. The van der Waals surface area contributed by atoms with Crippen molar-refractivity contribution in [2.75, 3.05) is 0 Å². The molecule has 4 nitrogen and oxygen atoms in total. The number of furan rings is 1. The molecule has 0 aliphatic carbocycles. The van der Waals surface area contributed by atoms with Gasteiger partial charge in [-0.05, 0) is 53.4 Å². The Hall–Kier alpha value is -2.82. The number of hydrogen-bond acceptors (Lipinski definition) is 3. The predicted molar refractivity (Wildman–Crippen MR) is 108 cm³/mol. The van der Waals surface area contributed by atoms with Crippen LogP contribution >= 0.6 is 23.2 Å². The van der Waals surface area contributed by atoms with Crippen molar-refractivity contribution in [2.45, 2.75) is 6.92 Å². The van der Waals surface area contributed by atoms with Crippen LogP contribution < -0.4 is 0 Å². The van der Waals surface area contributed by atoms with Crippen molar-refractivity contribution in [2.24, 2.45) is 0 Å². The number of hydrogen-bond donors (Lipinski definition) is 0. The number of nitro groups is 1. The summed E-state index contributed by atoms with van der Waals surface area (Å²) in [5.41, 5.74) is 4.96. The van der Waals surface area contributed by atoms with Gasteiger partial charge in [-0.15, -0.1) is 0 Å². The molecular formula is C21H13Cl2NO3. The Kier molecular flexibility index (Phi) is 4.38. The van der Waals surface area contributed by atoms with E-state index in [1.807, 2.05) is 31.2 Å². The van der Waals surface area contributed by atoms with Crippen molar-refractivity contribution in [3.05, 3.63) is 86.6 Å². The Morgan fingerprint density at radius 1 is 0.963 bits per heavy atom. The fraction of sp³-hybridized carbons (Fsp3) is 0.0476. The second-order valence-corrected chi connectivity index (χ2v) is 7.09. The third-order valence-electron chi connectivity index (χ3n) is 4.47. The van der Waals surface area contributed by atoms with Crippen molar-refractivity contribution in [3.8, 4) is 22.3 Å². The summed E-state index contributed by atoms with van der Waals surface area (Å²) in [5.74, 6) is 0. The van der Waals surface area contributed by atoms with E-state index in [0.717, 1.165) is 33.2 Å². The first-order chi connectivity index (χ1) is 12.9. The maximum absolute atomic E-state index is 11.1. The Morgan fingerprint density at radius 3 is 2.52 bits per heavy atom. The summed E-state index contributed by atoms with van der Waals surface area (Å²) in [4.78, 5) is 10.7. The van der Waals surface area contributed by atoms with Crippen LogP contribution in [0.1, 0.15) is 5.56 Å². The third-order valence-corrected chi connectivity index (χ3v) is 5.02. The lowest BCUT2D eigenvalue weighted by atomic mass is 9.94. The molecular weight excluding hydrogens is 385 g/mol. The first-order valence-corrected chi connectivity index (χ1v) is 8.92. The Morgan fingerprint density at radius 2 is 1.78 bits per heavy atom. The standard InChI is InChI=1S/C21H13Cl2NO3/c1-12-11-27-20-9-14(13-3-2-4-16(7-13)24(25)26)8-18(21(12)20)17-6-5-15(22)10-19(17)23/h2-11H,1H3. The molecule has 0 saturated heterocycles. The van der Waals surface area contributed by atoms with Crippen molar-refractivity contribution in [1.82, 2.24) is 0 Å². The molecule has 0 aliphatic heterocycles. The zero-order valence-electron chi connectivity index (χ0n) is 14.2. The van der Waals surface area contributed by atoms with Crippen molar-refractivity contribution in [3.63, 3.8) is 0 Å². The van der Waals surface area contributed by atoms with E-state index in [4.69, 9.17) is 27.6 Å². The minimum absolute atomic E-state index is 0.0364. The highest BCUT2D eigenvalue weighted by molar-refractivity contribution is 6.36. The molecule has 0 aliphatic rings.